The third-order valence-electron chi connectivity index (χ3n) is 4.07. The van der Waals surface area contributed by atoms with E-state index in [1.165, 1.54) is 0 Å². The van der Waals surface area contributed by atoms with Crippen LogP contribution in [0.2, 0.25) is 0 Å². The van der Waals surface area contributed by atoms with Crippen molar-refractivity contribution in [1.29, 1.82) is 0 Å². The van der Waals surface area contributed by atoms with E-state index in [-0.39, 0.29) is 6.04 Å². The fourth-order valence-corrected chi connectivity index (χ4v) is 2.79. The van der Waals surface area contributed by atoms with Crippen molar-refractivity contribution in [2.75, 3.05) is 14.2 Å². The summed E-state index contributed by atoms with van der Waals surface area (Å²) in [7, 11) is 3.21. The third-order valence-corrected chi connectivity index (χ3v) is 4.07. The highest BCUT2D eigenvalue weighted by Gasteiger charge is 2.22. The van der Waals surface area contributed by atoms with E-state index >= 15 is 0 Å². The Kier molecular flexibility index (Phi) is 5.82. The molecule has 0 aliphatic rings. The average Bonchev–Trinajstić information content (AvgIpc) is 2.59. The SMILES string of the molecule is COc1cc(C)c([C@H](C)N[C@H](C(N)=O)c2ccccc2)cc1OC. The van der Waals surface area contributed by atoms with Crippen LogP contribution in [-0.2, 0) is 4.79 Å². The molecule has 128 valence electrons. The first-order chi connectivity index (χ1) is 11.5. The molecule has 0 aromatic heterocycles. The van der Waals surface area contributed by atoms with E-state index in [0.29, 0.717) is 11.5 Å². The molecule has 2 rings (SSSR count). The minimum Gasteiger partial charge on any atom is -0.493 e. The lowest BCUT2D eigenvalue weighted by atomic mass is 9.99. The zero-order chi connectivity index (χ0) is 17.7. The van der Waals surface area contributed by atoms with E-state index in [1.807, 2.05) is 56.3 Å². The number of nitrogens with one attached hydrogen (secondary N) is 1. The molecule has 5 heteroatoms. The fourth-order valence-electron chi connectivity index (χ4n) is 2.79. The first-order valence-electron chi connectivity index (χ1n) is 7.80. The Balaban J connectivity index is 2.31. The molecular weight excluding hydrogens is 304 g/mol. The highest BCUT2D eigenvalue weighted by Crippen LogP contribution is 2.33. The van der Waals surface area contributed by atoms with Crippen LogP contribution in [0.3, 0.4) is 0 Å². The normalized spacial score (nSPS) is 13.2. The van der Waals surface area contributed by atoms with Crippen molar-refractivity contribution >= 4 is 5.91 Å². The van der Waals surface area contributed by atoms with Gasteiger partial charge in [0.25, 0.3) is 0 Å². The summed E-state index contributed by atoms with van der Waals surface area (Å²) in [6.45, 7) is 3.99. The Morgan fingerprint density at radius 2 is 1.67 bits per heavy atom. The summed E-state index contributed by atoms with van der Waals surface area (Å²) >= 11 is 0. The Bertz CT molecular complexity index is 701. The van der Waals surface area contributed by atoms with E-state index < -0.39 is 11.9 Å². The standard InChI is InChI=1S/C19H24N2O3/c1-12-10-16(23-3)17(24-4)11-15(12)13(2)21-18(19(20)22)14-8-6-5-7-9-14/h5-11,13,18,21H,1-4H3,(H2,20,22)/t13-,18-/m0/s1. The number of aryl methyl sites for hydroxylation is 1. The van der Waals surface area contributed by atoms with Crippen LogP contribution in [0, 0.1) is 6.92 Å². The van der Waals surface area contributed by atoms with E-state index in [1.54, 1.807) is 14.2 Å². The molecule has 0 saturated carbocycles. The molecule has 0 bridgehead atoms. The highest BCUT2D eigenvalue weighted by molar-refractivity contribution is 5.81. The molecule has 5 nitrogen and oxygen atoms in total. The van der Waals surface area contributed by atoms with Gasteiger partial charge in [0, 0.05) is 6.04 Å². The molecule has 0 aliphatic heterocycles. The smallest absolute Gasteiger partial charge is 0.239 e. The van der Waals surface area contributed by atoms with Crippen LogP contribution >= 0.6 is 0 Å². The van der Waals surface area contributed by atoms with Crippen LogP contribution in [0.5, 0.6) is 11.5 Å². The summed E-state index contributed by atoms with van der Waals surface area (Å²) in [5.41, 5.74) is 8.50. The first-order valence-corrected chi connectivity index (χ1v) is 7.80. The molecule has 24 heavy (non-hydrogen) atoms. The number of carbonyl (C=O) groups is 1. The first kappa shape index (κ1) is 17.8. The summed E-state index contributed by atoms with van der Waals surface area (Å²) in [6, 6.07) is 12.6. The Morgan fingerprint density at radius 1 is 1.08 bits per heavy atom. The predicted octanol–water partition coefficient (Wildman–Crippen LogP) is 2.89. The molecule has 0 spiro atoms. The van der Waals surface area contributed by atoms with E-state index in [9.17, 15) is 4.79 Å². The lowest BCUT2D eigenvalue weighted by Gasteiger charge is -2.24. The lowest BCUT2D eigenvalue weighted by molar-refractivity contribution is -0.120. The summed E-state index contributed by atoms with van der Waals surface area (Å²) in [5, 5.41) is 3.31. The zero-order valence-electron chi connectivity index (χ0n) is 14.5. The van der Waals surface area contributed by atoms with Crippen molar-refractivity contribution in [3.63, 3.8) is 0 Å². The minimum atomic E-state index is -0.561. The fraction of sp³-hybridized carbons (Fsp3) is 0.316. The van der Waals surface area contributed by atoms with Crippen LogP contribution in [0.25, 0.3) is 0 Å². The molecule has 2 aromatic carbocycles. The molecule has 0 heterocycles. The number of hydrogen-bond acceptors (Lipinski definition) is 4. The van der Waals surface area contributed by atoms with Gasteiger partial charge in [-0.05, 0) is 42.7 Å². The topological polar surface area (TPSA) is 73.6 Å². The lowest BCUT2D eigenvalue weighted by Crippen LogP contribution is -2.35. The van der Waals surface area contributed by atoms with Crippen LogP contribution in [0.4, 0.5) is 0 Å². The van der Waals surface area contributed by atoms with E-state index in [4.69, 9.17) is 15.2 Å². The molecule has 2 atom stereocenters. The molecule has 0 fully saturated rings. The van der Waals surface area contributed by atoms with Gasteiger partial charge in [-0.3, -0.25) is 10.1 Å². The monoisotopic (exact) mass is 328 g/mol. The molecule has 0 unspecified atom stereocenters. The van der Waals surface area contributed by atoms with Gasteiger partial charge in [0.05, 0.1) is 14.2 Å². The number of carbonyl (C=O) groups excluding carboxylic acids is 1. The molecule has 0 radical (unpaired) electrons. The summed E-state index contributed by atoms with van der Waals surface area (Å²) in [5.74, 6) is 0.925. The van der Waals surface area contributed by atoms with Gasteiger partial charge in [-0.1, -0.05) is 30.3 Å². The minimum absolute atomic E-state index is 0.0949. The van der Waals surface area contributed by atoms with Gasteiger partial charge in [-0.2, -0.15) is 0 Å². The second kappa shape index (κ2) is 7.84. The predicted molar refractivity (Wildman–Crippen MR) is 94.2 cm³/mol. The van der Waals surface area contributed by atoms with Gasteiger partial charge < -0.3 is 15.2 Å². The van der Waals surface area contributed by atoms with Crippen LogP contribution in [-0.4, -0.2) is 20.1 Å². The highest BCUT2D eigenvalue weighted by atomic mass is 16.5. The maximum absolute atomic E-state index is 11.9. The number of ether oxygens (including phenoxy) is 2. The molecule has 0 saturated heterocycles. The van der Waals surface area contributed by atoms with Crippen molar-refractivity contribution in [2.45, 2.75) is 25.9 Å². The number of rotatable bonds is 7. The second-order valence-electron chi connectivity index (χ2n) is 5.70. The van der Waals surface area contributed by atoms with Gasteiger partial charge >= 0.3 is 0 Å². The number of methoxy groups -OCH3 is 2. The van der Waals surface area contributed by atoms with Gasteiger partial charge in [-0.25, -0.2) is 0 Å². The van der Waals surface area contributed by atoms with Crippen LogP contribution < -0.4 is 20.5 Å². The molecule has 1 amide bonds. The van der Waals surface area contributed by atoms with Crippen LogP contribution in [0.15, 0.2) is 42.5 Å². The van der Waals surface area contributed by atoms with Gasteiger partial charge in [0.15, 0.2) is 11.5 Å². The molecule has 3 N–H and O–H groups in total. The van der Waals surface area contributed by atoms with Crippen molar-refractivity contribution in [3.8, 4) is 11.5 Å². The third kappa shape index (κ3) is 3.86. The number of benzene rings is 2. The summed E-state index contributed by atoms with van der Waals surface area (Å²) in [6.07, 6.45) is 0. The average molecular weight is 328 g/mol. The molecular formula is C19H24N2O3. The maximum Gasteiger partial charge on any atom is 0.239 e. The van der Waals surface area contributed by atoms with Crippen LogP contribution in [0.1, 0.15) is 35.7 Å². The molecule has 0 aliphatic carbocycles. The van der Waals surface area contributed by atoms with Crippen molar-refractivity contribution < 1.29 is 14.3 Å². The molecule has 2 aromatic rings. The van der Waals surface area contributed by atoms with Crippen molar-refractivity contribution in [2.24, 2.45) is 5.73 Å². The van der Waals surface area contributed by atoms with Crippen molar-refractivity contribution in [3.05, 3.63) is 59.2 Å². The van der Waals surface area contributed by atoms with E-state index in [2.05, 4.69) is 5.32 Å². The Morgan fingerprint density at radius 3 is 2.21 bits per heavy atom. The quantitative estimate of drug-likeness (QED) is 0.819. The van der Waals surface area contributed by atoms with E-state index in [0.717, 1.165) is 16.7 Å². The summed E-state index contributed by atoms with van der Waals surface area (Å²) in [4.78, 5) is 11.9. The Hall–Kier alpha value is -2.53. The summed E-state index contributed by atoms with van der Waals surface area (Å²) < 4.78 is 10.7. The van der Waals surface area contributed by atoms with Gasteiger partial charge in [0.2, 0.25) is 5.91 Å². The number of primary amides is 1. The Labute approximate surface area is 142 Å². The maximum atomic E-state index is 11.9. The largest absolute Gasteiger partial charge is 0.493 e. The van der Waals surface area contributed by atoms with Gasteiger partial charge in [-0.15, -0.1) is 0 Å². The second-order valence-corrected chi connectivity index (χ2v) is 5.70. The zero-order valence-corrected chi connectivity index (χ0v) is 14.5. The number of amides is 1. The number of hydrogen-bond donors (Lipinski definition) is 2. The number of nitrogens with two attached hydrogens (primary N) is 1. The van der Waals surface area contributed by atoms with Gasteiger partial charge in [0.1, 0.15) is 6.04 Å². The van der Waals surface area contributed by atoms with Crippen molar-refractivity contribution in [1.82, 2.24) is 5.32 Å².